The fourth-order valence-corrected chi connectivity index (χ4v) is 3.18. The Labute approximate surface area is 134 Å². The number of carbonyl (C=O) groups is 2. The van der Waals surface area contributed by atoms with Gasteiger partial charge in [0, 0.05) is 24.1 Å². The van der Waals surface area contributed by atoms with Crippen molar-refractivity contribution in [2.75, 3.05) is 12.4 Å². The van der Waals surface area contributed by atoms with Gasteiger partial charge in [-0.3, -0.25) is 14.6 Å². The summed E-state index contributed by atoms with van der Waals surface area (Å²) in [6, 6.07) is 6.10. The third-order valence-electron chi connectivity index (χ3n) is 2.71. The maximum Gasteiger partial charge on any atom is 0.288 e. The van der Waals surface area contributed by atoms with Gasteiger partial charge in [0.25, 0.3) is 5.76 Å². The van der Waals surface area contributed by atoms with E-state index in [1.807, 2.05) is 0 Å². The number of hydrogen-bond acceptors (Lipinski definition) is 5. The van der Waals surface area contributed by atoms with E-state index in [0.717, 1.165) is 0 Å². The van der Waals surface area contributed by atoms with Gasteiger partial charge in [0.1, 0.15) is 5.25 Å². The van der Waals surface area contributed by atoms with Crippen molar-refractivity contribution < 1.29 is 18.4 Å². The quantitative estimate of drug-likeness (QED) is 0.805. The molecule has 118 valence electrons. The van der Waals surface area contributed by atoms with Gasteiger partial charge in [-0.1, -0.05) is 23.5 Å². The van der Waals surface area contributed by atoms with E-state index in [0.29, 0.717) is 27.5 Å². The fourth-order valence-electron chi connectivity index (χ4n) is 1.75. The van der Waals surface area contributed by atoms with E-state index >= 15 is 0 Å². The first-order valence-corrected chi connectivity index (χ1v) is 8.03. The van der Waals surface area contributed by atoms with Crippen LogP contribution in [-0.4, -0.2) is 35.0 Å². The average Bonchev–Trinajstić information content (AvgIpc) is 2.81. The number of halogens is 2. The number of alkyl halides is 2. The molecule has 2 N–H and O–H groups in total. The predicted octanol–water partition coefficient (Wildman–Crippen LogP) is 2.55. The van der Waals surface area contributed by atoms with Crippen LogP contribution in [0.2, 0.25) is 0 Å². The molecular formula is C13H13F2N3O2S2. The van der Waals surface area contributed by atoms with E-state index in [2.05, 4.69) is 15.6 Å². The van der Waals surface area contributed by atoms with E-state index in [1.54, 1.807) is 19.2 Å². The number of aliphatic imine (C=N–C) groups is 1. The lowest BCUT2D eigenvalue weighted by molar-refractivity contribution is -0.122. The van der Waals surface area contributed by atoms with Crippen molar-refractivity contribution in [2.24, 2.45) is 4.99 Å². The van der Waals surface area contributed by atoms with Gasteiger partial charge in [-0.15, -0.1) is 0 Å². The van der Waals surface area contributed by atoms with Crippen LogP contribution in [0.15, 0.2) is 34.2 Å². The summed E-state index contributed by atoms with van der Waals surface area (Å²) in [7, 11) is 1.56. The summed E-state index contributed by atoms with van der Waals surface area (Å²) in [4.78, 5) is 27.8. The number of benzene rings is 1. The second kappa shape index (κ2) is 7.59. The van der Waals surface area contributed by atoms with Crippen molar-refractivity contribution >= 4 is 46.2 Å². The summed E-state index contributed by atoms with van der Waals surface area (Å²) in [5.41, 5.74) is 0.497. The zero-order valence-corrected chi connectivity index (χ0v) is 13.1. The Balaban J connectivity index is 1.88. The highest BCUT2D eigenvalue weighted by molar-refractivity contribution is 8.15. The van der Waals surface area contributed by atoms with Gasteiger partial charge in [-0.2, -0.15) is 8.78 Å². The summed E-state index contributed by atoms with van der Waals surface area (Å²) in [5.74, 6) is -3.04. The van der Waals surface area contributed by atoms with Gasteiger partial charge in [0.05, 0.1) is 0 Å². The second-order valence-electron chi connectivity index (χ2n) is 4.28. The molecule has 1 atom stereocenters. The maximum atomic E-state index is 12.2. The Morgan fingerprint density at radius 1 is 1.45 bits per heavy atom. The number of thioether (sulfide) groups is 2. The van der Waals surface area contributed by atoms with Gasteiger partial charge in [0.2, 0.25) is 11.8 Å². The smallest absolute Gasteiger partial charge is 0.288 e. The highest BCUT2D eigenvalue weighted by atomic mass is 32.2. The van der Waals surface area contributed by atoms with Crippen molar-refractivity contribution in [2.45, 2.75) is 22.3 Å². The number of rotatable bonds is 5. The van der Waals surface area contributed by atoms with Crippen molar-refractivity contribution in [3.63, 3.8) is 0 Å². The maximum absolute atomic E-state index is 12.2. The number of nitrogens with zero attached hydrogens (tertiary/aromatic N) is 1. The summed E-state index contributed by atoms with van der Waals surface area (Å²) in [6.45, 7) is 0. The third kappa shape index (κ3) is 4.70. The van der Waals surface area contributed by atoms with Crippen LogP contribution in [-0.2, 0) is 9.59 Å². The molecule has 0 aromatic heterocycles. The average molecular weight is 345 g/mol. The van der Waals surface area contributed by atoms with E-state index < -0.39 is 11.0 Å². The van der Waals surface area contributed by atoms with Crippen molar-refractivity contribution in [3.05, 3.63) is 24.3 Å². The third-order valence-corrected chi connectivity index (χ3v) is 4.61. The molecule has 0 saturated carbocycles. The Morgan fingerprint density at radius 2 is 2.14 bits per heavy atom. The minimum Gasteiger partial charge on any atom is -0.326 e. The molecule has 0 spiro atoms. The largest absolute Gasteiger partial charge is 0.326 e. The zero-order chi connectivity index (χ0) is 16.1. The second-order valence-corrected chi connectivity index (χ2v) is 6.53. The Morgan fingerprint density at radius 3 is 2.68 bits per heavy atom. The first-order valence-electron chi connectivity index (χ1n) is 6.27. The van der Waals surface area contributed by atoms with Gasteiger partial charge in [-0.05, 0) is 24.3 Å². The van der Waals surface area contributed by atoms with E-state index in [1.165, 1.54) is 23.9 Å². The normalized spacial score (nSPS) is 19.5. The summed E-state index contributed by atoms with van der Waals surface area (Å²) in [6.07, 6.45) is 0.0169. The SMILES string of the molecule is CN=C1NC(=O)[C@H](CC(=O)Nc2ccc(SC(F)F)cc2)S1. The summed E-state index contributed by atoms with van der Waals surface area (Å²) < 4.78 is 24.4. The Bertz CT molecular complexity index is 593. The topological polar surface area (TPSA) is 70.6 Å². The first-order chi connectivity index (χ1) is 10.5. The lowest BCUT2D eigenvalue weighted by atomic mass is 10.2. The molecular weight excluding hydrogens is 332 g/mol. The van der Waals surface area contributed by atoms with Crippen molar-refractivity contribution in [1.29, 1.82) is 0 Å². The molecule has 1 fully saturated rings. The minimum atomic E-state index is -2.48. The molecule has 1 aromatic carbocycles. The molecule has 1 aromatic rings. The molecule has 1 heterocycles. The number of hydrogen-bond donors (Lipinski definition) is 2. The van der Waals surface area contributed by atoms with Crippen molar-refractivity contribution in [3.8, 4) is 0 Å². The van der Waals surface area contributed by atoms with Crippen LogP contribution in [0.25, 0.3) is 0 Å². The molecule has 0 unspecified atom stereocenters. The molecule has 1 saturated heterocycles. The van der Waals surface area contributed by atoms with E-state index in [-0.39, 0.29) is 18.2 Å². The summed E-state index contributed by atoms with van der Waals surface area (Å²) in [5, 5.41) is 5.19. The van der Waals surface area contributed by atoms with Gasteiger partial charge in [-0.25, -0.2) is 0 Å². The molecule has 1 aliphatic heterocycles. The van der Waals surface area contributed by atoms with Gasteiger partial charge < -0.3 is 10.6 Å². The van der Waals surface area contributed by atoms with Crippen LogP contribution >= 0.6 is 23.5 Å². The van der Waals surface area contributed by atoms with Crippen LogP contribution in [0.1, 0.15) is 6.42 Å². The number of nitrogens with one attached hydrogen (secondary N) is 2. The lowest BCUT2D eigenvalue weighted by Crippen LogP contribution is -2.28. The minimum absolute atomic E-state index is 0.0169. The fraction of sp³-hybridized carbons (Fsp3) is 0.308. The van der Waals surface area contributed by atoms with Crippen LogP contribution in [0, 0.1) is 0 Å². The van der Waals surface area contributed by atoms with Crippen LogP contribution in [0.5, 0.6) is 0 Å². The molecule has 2 amide bonds. The number of amides is 2. The highest BCUT2D eigenvalue weighted by Gasteiger charge is 2.31. The predicted molar refractivity (Wildman–Crippen MR) is 84.4 cm³/mol. The molecule has 0 aliphatic carbocycles. The Kier molecular flexibility index (Phi) is 5.78. The zero-order valence-electron chi connectivity index (χ0n) is 11.5. The number of anilines is 1. The molecule has 9 heteroatoms. The molecule has 0 radical (unpaired) electrons. The standard InChI is InChI=1S/C13H13F2N3O2S2/c1-16-13-18-11(20)9(22-13)6-10(19)17-7-2-4-8(5-3-7)21-12(14)15/h2-5,9,12H,6H2,1H3,(H,17,19)(H,16,18,20)/t9-/m0/s1. The number of carbonyl (C=O) groups excluding carboxylic acids is 2. The molecule has 5 nitrogen and oxygen atoms in total. The molecule has 2 rings (SSSR count). The van der Waals surface area contributed by atoms with Gasteiger partial charge >= 0.3 is 0 Å². The first kappa shape index (κ1) is 16.8. The monoisotopic (exact) mass is 345 g/mol. The van der Waals surface area contributed by atoms with Crippen LogP contribution in [0.3, 0.4) is 0 Å². The molecule has 22 heavy (non-hydrogen) atoms. The summed E-state index contributed by atoms with van der Waals surface area (Å²) >= 11 is 1.65. The lowest BCUT2D eigenvalue weighted by Gasteiger charge is -2.08. The number of amidine groups is 1. The van der Waals surface area contributed by atoms with Crippen LogP contribution < -0.4 is 10.6 Å². The molecule has 1 aliphatic rings. The van der Waals surface area contributed by atoms with Crippen LogP contribution in [0.4, 0.5) is 14.5 Å². The molecule has 0 bridgehead atoms. The highest BCUT2D eigenvalue weighted by Crippen LogP contribution is 2.26. The van der Waals surface area contributed by atoms with E-state index in [4.69, 9.17) is 0 Å². The van der Waals surface area contributed by atoms with Crippen molar-refractivity contribution in [1.82, 2.24) is 5.32 Å². The van der Waals surface area contributed by atoms with E-state index in [9.17, 15) is 18.4 Å². The van der Waals surface area contributed by atoms with Gasteiger partial charge in [0.15, 0.2) is 5.17 Å². The Hall–Kier alpha value is -1.61.